The van der Waals surface area contributed by atoms with Crippen LogP contribution >= 0.6 is 0 Å². The van der Waals surface area contributed by atoms with Crippen molar-refractivity contribution in [2.24, 2.45) is 0 Å². The molecular formula is C23H19N5O2. The monoisotopic (exact) mass is 397 g/mol. The Morgan fingerprint density at radius 3 is 2.63 bits per heavy atom. The maximum Gasteiger partial charge on any atom is 0.328 e. The van der Waals surface area contributed by atoms with Crippen LogP contribution in [-0.4, -0.2) is 31.2 Å². The van der Waals surface area contributed by atoms with Crippen LogP contribution in [0.1, 0.15) is 11.1 Å². The number of rotatable bonds is 6. The van der Waals surface area contributed by atoms with Crippen molar-refractivity contribution in [3.63, 3.8) is 0 Å². The van der Waals surface area contributed by atoms with Gasteiger partial charge in [0.05, 0.1) is 6.20 Å². The highest BCUT2D eigenvalue weighted by Gasteiger charge is 2.08. The molecule has 2 aromatic carbocycles. The molecule has 0 unspecified atom stereocenters. The molecule has 30 heavy (non-hydrogen) atoms. The zero-order chi connectivity index (χ0) is 20.9. The highest BCUT2D eigenvalue weighted by Crippen LogP contribution is 2.25. The fraction of sp³-hybridized carbons (Fsp3) is 0.0435. The molecule has 0 aliphatic heterocycles. The van der Waals surface area contributed by atoms with E-state index in [0.717, 1.165) is 39.6 Å². The number of nitrogens with zero attached hydrogens (tertiary/aromatic N) is 3. The van der Waals surface area contributed by atoms with Crippen LogP contribution in [0.5, 0.6) is 0 Å². The molecule has 2 heterocycles. The van der Waals surface area contributed by atoms with Gasteiger partial charge < -0.3 is 10.4 Å². The number of anilines is 2. The molecule has 0 fully saturated rings. The van der Waals surface area contributed by atoms with Crippen molar-refractivity contribution < 1.29 is 9.90 Å². The summed E-state index contributed by atoms with van der Waals surface area (Å²) in [4.78, 5) is 19.8. The highest BCUT2D eigenvalue weighted by molar-refractivity contribution is 5.85. The molecule has 0 saturated heterocycles. The van der Waals surface area contributed by atoms with Gasteiger partial charge in [-0.05, 0) is 42.3 Å². The summed E-state index contributed by atoms with van der Waals surface area (Å²) in [7, 11) is 0. The molecule has 3 N–H and O–H groups in total. The first-order valence-corrected chi connectivity index (χ1v) is 9.30. The zero-order valence-electron chi connectivity index (χ0n) is 16.2. The van der Waals surface area contributed by atoms with Gasteiger partial charge in [-0.25, -0.2) is 14.8 Å². The van der Waals surface area contributed by atoms with Crippen LogP contribution in [0.15, 0.2) is 73.2 Å². The van der Waals surface area contributed by atoms with Crippen molar-refractivity contribution in [3.05, 3.63) is 84.3 Å². The van der Waals surface area contributed by atoms with Crippen molar-refractivity contribution >= 4 is 23.6 Å². The molecule has 0 bridgehead atoms. The van der Waals surface area contributed by atoms with Crippen LogP contribution in [0.3, 0.4) is 0 Å². The predicted molar refractivity (Wildman–Crippen MR) is 116 cm³/mol. The molecule has 0 radical (unpaired) electrons. The Labute approximate surface area is 173 Å². The summed E-state index contributed by atoms with van der Waals surface area (Å²) in [5, 5.41) is 18.9. The molecule has 4 rings (SSSR count). The number of hydrogen-bond donors (Lipinski definition) is 3. The largest absolute Gasteiger partial charge is 0.478 e. The molecule has 7 heteroatoms. The average Bonchev–Trinajstić information content (AvgIpc) is 3.29. The number of aromatic nitrogens is 4. The minimum atomic E-state index is -0.989. The Kier molecular flexibility index (Phi) is 5.34. The standard InChI is InChI=1S/C23H19N5O2/c1-15-12-24-23(18-4-2-3-16(11-18)5-10-21(29)30)28-22(15)27-20-8-6-17(7-9-20)19-13-25-26-14-19/h2-14H,1H3,(H,25,26)(H,29,30)(H,24,27,28)/b10-5+. The normalized spacial score (nSPS) is 11.0. The van der Waals surface area contributed by atoms with Gasteiger partial charge in [0.2, 0.25) is 0 Å². The lowest BCUT2D eigenvalue weighted by atomic mass is 10.1. The summed E-state index contributed by atoms with van der Waals surface area (Å²) in [6, 6.07) is 15.4. The first-order valence-electron chi connectivity index (χ1n) is 9.30. The van der Waals surface area contributed by atoms with Gasteiger partial charge in [0.1, 0.15) is 5.82 Å². The van der Waals surface area contributed by atoms with Crippen molar-refractivity contribution in [3.8, 4) is 22.5 Å². The van der Waals surface area contributed by atoms with Crippen LogP contribution in [0.2, 0.25) is 0 Å². The topological polar surface area (TPSA) is 104 Å². The van der Waals surface area contributed by atoms with Gasteiger partial charge in [0, 0.05) is 40.8 Å². The lowest BCUT2D eigenvalue weighted by molar-refractivity contribution is -0.131. The number of H-pyrrole nitrogens is 1. The highest BCUT2D eigenvalue weighted by atomic mass is 16.4. The van der Waals surface area contributed by atoms with E-state index in [-0.39, 0.29) is 0 Å². The number of carboxylic acid groups (broad SMARTS) is 1. The molecule has 0 aliphatic carbocycles. The summed E-state index contributed by atoms with van der Waals surface area (Å²) < 4.78 is 0. The lowest BCUT2D eigenvalue weighted by Crippen LogP contribution is -2.00. The molecule has 2 aromatic heterocycles. The van der Waals surface area contributed by atoms with Crippen LogP contribution < -0.4 is 5.32 Å². The third-order valence-corrected chi connectivity index (χ3v) is 4.51. The maximum absolute atomic E-state index is 10.7. The number of benzene rings is 2. The minimum Gasteiger partial charge on any atom is -0.478 e. The van der Waals surface area contributed by atoms with Crippen LogP contribution in [-0.2, 0) is 4.79 Å². The molecule has 0 aliphatic rings. The van der Waals surface area contributed by atoms with Crippen molar-refractivity contribution in [2.45, 2.75) is 6.92 Å². The Balaban J connectivity index is 1.58. The zero-order valence-corrected chi connectivity index (χ0v) is 16.2. The van der Waals surface area contributed by atoms with Crippen LogP contribution in [0, 0.1) is 6.92 Å². The van der Waals surface area contributed by atoms with Gasteiger partial charge in [-0.3, -0.25) is 5.10 Å². The summed E-state index contributed by atoms with van der Waals surface area (Å²) in [5.41, 5.74) is 5.50. The summed E-state index contributed by atoms with van der Waals surface area (Å²) in [5.74, 6) is 0.281. The Bertz CT molecular complexity index is 1200. The smallest absolute Gasteiger partial charge is 0.328 e. The lowest BCUT2D eigenvalue weighted by Gasteiger charge is -2.11. The van der Waals surface area contributed by atoms with E-state index in [1.165, 1.54) is 0 Å². The van der Waals surface area contributed by atoms with E-state index in [4.69, 9.17) is 5.11 Å². The van der Waals surface area contributed by atoms with E-state index in [2.05, 4.69) is 25.5 Å². The molecule has 7 nitrogen and oxygen atoms in total. The van der Waals surface area contributed by atoms with Gasteiger partial charge in [-0.15, -0.1) is 0 Å². The van der Waals surface area contributed by atoms with Gasteiger partial charge >= 0.3 is 5.97 Å². The number of carboxylic acids is 1. The predicted octanol–water partition coefficient (Wildman–Crippen LogP) is 4.68. The summed E-state index contributed by atoms with van der Waals surface area (Å²) in [6.45, 7) is 1.94. The van der Waals surface area contributed by atoms with E-state index in [0.29, 0.717) is 11.6 Å². The fourth-order valence-electron chi connectivity index (χ4n) is 2.95. The fourth-order valence-corrected chi connectivity index (χ4v) is 2.95. The first-order chi connectivity index (χ1) is 14.6. The number of carbonyl (C=O) groups is 1. The molecular weight excluding hydrogens is 378 g/mol. The van der Waals surface area contributed by atoms with E-state index < -0.39 is 5.97 Å². The van der Waals surface area contributed by atoms with E-state index >= 15 is 0 Å². The Morgan fingerprint density at radius 2 is 1.90 bits per heavy atom. The summed E-state index contributed by atoms with van der Waals surface area (Å²) in [6.07, 6.45) is 8.05. The second kappa shape index (κ2) is 8.40. The van der Waals surface area contributed by atoms with Gasteiger partial charge in [0.15, 0.2) is 5.82 Å². The molecule has 0 atom stereocenters. The van der Waals surface area contributed by atoms with Crippen LogP contribution in [0.25, 0.3) is 28.6 Å². The van der Waals surface area contributed by atoms with Crippen LogP contribution in [0.4, 0.5) is 11.5 Å². The second-order valence-corrected chi connectivity index (χ2v) is 6.71. The second-order valence-electron chi connectivity index (χ2n) is 6.71. The molecule has 0 spiro atoms. The van der Waals surface area contributed by atoms with Crippen molar-refractivity contribution in [2.75, 3.05) is 5.32 Å². The number of aryl methyl sites for hydroxylation is 1. The van der Waals surface area contributed by atoms with E-state index in [9.17, 15) is 4.79 Å². The van der Waals surface area contributed by atoms with Gasteiger partial charge in [0.25, 0.3) is 0 Å². The number of hydrogen-bond acceptors (Lipinski definition) is 5. The summed E-state index contributed by atoms with van der Waals surface area (Å²) >= 11 is 0. The van der Waals surface area contributed by atoms with Crippen molar-refractivity contribution in [1.29, 1.82) is 0 Å². The molecule has 148 valence electrons. The number of aliphatic carboxylic acids is 1. The number of aromatic amines is 1. The third-order valence-electron chi connectivity index (χ3n) is 4.51. The Hall–Kier alpha value is -4.26. The number of nitrogens with one attached hydrogen (secondary N) is 2. The molecule has 4 aromatic rings. The van der Waals surface area contributed by atoms with Gasteiger partial charge in [-0.1, -0.05) is 30.3 Å². The van der Waals surface area contributed by atoms with E-state index in [1.54, 1.807) is 18.5 Å². The third kappa shape index (κ3) is 4.41. The van der Waals surface area contributed by atoms with Gasteiger partial charge in [-0.2, -0.15) is 5.10 Å². The molecule has 0 saturated carbocycles. The SMILES string of the molecule is Cc1cnc(-c2cccc(/C=C/C(=O)O)c2)nc1Nc1ccc(-c2cn[nH]c2)cc1. The quantitative estimate of drug-likeness (QED) is 0.408. The van der Waals surface area contributed by atoms with E-state index in [1.807, 2.05) is 61.7 Å². The Morgan fingerprint density at radius 1 is 1.07 bits per heavy atom. The first kappa shape index (κ1) is 19.1. The minimum absolute atomic E-state index is 0.559. The average molecular weight is 397 g/mol. The van der Waals surface area contributed by atoms with Crippen molar-refractivity contribution in [1.82, 2.24) is 20.2 Å². The molecule has 0 amide bonds. The maximum atomic E-state index is 10.7.